The lowest BCUT2D eigenvalue weighted by Gasteiger charge is -2.28. The minimum absolute atomic E-state index is 0.268. The molecule has 3 rings (SSSR count). The van der Waals surface area contributed by atoms with Gasteiger partial charge in [0.2, 0.25) is 5.79 Å². The van der Waals surface area contributed by atoms with Crippen LogP contribution in [0.25, 0.3) is 0 Å². The first kappa shape index (κ1) is 33.2. The third-order valence-corrected chi connectivity index (χ3v) is 11.3. The largest absolute Gasteiger partial charge is 0.598 e. The first-order valence-corrected chi connectivity index (χ1v) is 19.6. The molecule has 0 aliphatic carbocycles. The number of halogens is 2. The van der Waals surface area contributed by atoms with Crippen molar-refractivity contribution >= 4 is 51.3 Å². The number of hydrogen-bond donors (Lipinski definition) is 1. The summed E-state index contributed by atoms with van der Waals surface area (Å²) >= 11 is 5.81. The predicted octanol–water partition coefficient (Wildman–Crippen LogP) is 5.81. The van der Waals surface area contributed by atoms with E-state index in [1.54, 1.807) is 0 Å². The van der Waals surface area contributed by atoms with Crippen LogP contribution in [0.5, 0.6) is 0 Å². The summed E-state index contributed by atoms with van der Waals surface area (Å²) in [7, 11) is -1.21. The molecule has 0 spiro atoms. The molecule has 0 radical (unpaired) electrons. The van der Waals surface area contributed by atoms with Crippen molar-refractivity contribution in [2.45, 2.75) is 89.5 Å². The van der Waals surface area contributed by atoms with Gasteiger partial charge in [0.05, 0.1) is 19.8 Å². The second-order valence-electron chi connectivity index (χ2n) is 11.8. The van der Waals surface area contributed by atoms with Gasteiger partial charge in [0.15, 0.2) is 0 Å². The number of ether oxygens (including phenoxy) is 4. The van der Waals surface area contributed by atoms with Crippen LogP contribution in [0, 0.1) is 6.92 Å². The van der Waals surface area contributed by atoms with Crippen LogP contribution in [0.3, 0.4) is 0 Å². The Labute approximate surface area is 252 Å². The van der Waals surface area contributed by atoms with Crippen molar-refractivity contribution in [2.75, 3.05) is 33.0 Å². The van der Waals surface area contributed by atoms with Gasteiger partial charge in [0.1, 0.15) is 44.0 Å². The number of nitrogens with zero attached hydrogens (tertiary/aromatic N) is 3. The zero-order valence-corrected chi connectivity index (χ0v) is 29.0. The zero-order valence-electron chi connectivity index (χ0n) is 24.0. The second kappa shape index (κ2) is 14.3. The number of imidazole rings is 1. The zero-order chi connectivity index (χ0) is 28.8. The third-order valence-electron chi connectivity index (χ3n) is 6.08. The molecule has 222 valence electrons. The fraction of sp³-hybridized carbons (Fsp3) is 0.760. The summed E-state index contributed by atoms with van der Waals surface area (Å²) in [4.78, 5) is 4.71. The van der Waals surface area contributed by atoms with E-state index in [0.717, 1.165) is 10.6 Å². The first-order chi connectivity index (χ1) is 18.2. The predicted molar refractivity (Wildman–Crippen MR) is 160 cm³/mol. The third kappa shape index (κ3) is 9.62. The molecular formula is C25H42Br2N4O6SSi. The van der Waals surface area contributed by atoms with Crippen molar-refractivity contribution in [1.82, 2.24) is 19.4 Å². The van der Waals surface area contributed by atoms with E-state index in [9.17, 15) is 4.55 Å². The smallest absolute Gasteiger partial charge is 0.216 e. The van der Waals surface area contributed by atoms with Crippen LogP contribution in [-0.4, -0.2) is 65.1 Å². The second-order valence-corrected chi connectivity index (χ2v) is 21.0. The van der Waals surface area contributed by atoms with Crippen LogP contribution in [0.1, 0.15) is 56.9 Å². The summed E-state index contributed by atoms with van der Waals surface area (Å²) in [5.41, 5.74) is 0.642. The molecule has 1 fully saturated rings. The van der Waals surface area contributed by atoms with Crippen molar-refractivity contribution in [3.63, 3.8) is 0 Å². The fourth-order valence-corrected chi connectivity index (χ4v) is 6.15. The highest BCUT2D eigenvalue weighted by atomic mass is 79.9. The Morgan fingerprint density at radius 2 is 1.90 bits per heavy atom. The van der Waals surface area contributed by atoms with Gasteiger partial charge in [0.25, 0.3) is 0 Å². The molecule has 14 heteroatoms. The monoisotopic (exact) mass is 712 g/mol. The molecule has 0 bridgehead atoms. The summed E-state index contributed by atoms with van der Waals surface area (Å²) < 4.78 is 48.5. The first-order valence-electron chi connectivity index (χ1n) is 13.2. The number of nitrogens with one attached hydrogen (secondary N) is 1. The molecule has 0 saturated carbocycles. The van der Waals surface area contributed by atoms with Gasteiger partial charge in [-0.15, -0.1) is 4.72 Å². The molecule has 1 aliphatic rings. The van der Waals surface area contributed by atoms with Gasteiger partial charge in [-0.3, -0.25) is 4.57 Å². The van der Waals surface area contributed by atoms with E-state index in [2.05, 4.69) is 61.4 Å². The summed E-state index contributed by atoms with van der Waals surface area (Å²) in [6, 6.07) is 2.48. The van der Waals surface area contributed by atoms with E-state index in [4.69, 9.17) is 28.5 Å². The van der Waals surface area contributed by atoms with Gasteiger partial charge < -0.3 is 28.0 Å². The average Bonchev–Trinajstić information content (AvgIpc) is 3.56. The lowest BCUT2D eigenvalue weighted by Crippen LogP contribution is -2.43. The van der Waals surface area contributed by atoms with Crippen LogP contribution in [0.15, 0.2) is 19.8 Å². The van der Waals surface area contributed by atoms with E-state index in [1.165, 1.54) is 0 Å². The van der Waals surface area contributed by atoms with Gasteiger partial charge in [-0.25, -0.2) is 4.98 Å². The van der Waals surface area contributed by atoms with Gasteiger partial charge in [0, 0.05) is 45.1 Å². The highest BCUT2D eigenvalue weighted by Gasteiger charge is 2.41. The lowest BCUT2D eigenvalue weighted by atomic mass is 10.1. The summed E-state index contributed by atoms with van der Waals surface area (Å²) in [6.07, 6.45) is 1.24. The molecular weight excluding hydrogens is 672 g/mol. The number of aryl methyl sites for hydroxylation is 1. The molecule has 2 aromatic heterocycles. The van der Waals surface area contributed by atoms with Crippen molar-refractivity contribution in [3.8, 4) is 0 Å². The van der Waals surface area contributed by atoms with Crippen molar-refractivity contribution in [3.05, 3.63) is 32.6 Å². The van der Waals surface area contributed by atoms with Gasteiger partial charge >= 0.3 is 0 Å². The quantitative estimate of drug-likeness (QED) is 0.139. The van der Waals surface area contributed by atoms with E-state index in [0.29, 0.717) is 67.9 Å². The Bertz CT molecular complexity index is 1050. The maximum absolute atomic E-state index is 13.1. The number of hydrogen-bond acceptors (Lipinski definition) is 9. The average molecular weight is 715 g/mol. The molecule has 10 nitrogen and oxygen atoms in total. The molecule has 2 atom stereocenters. The topological polar surface area (TPSA) is 116 Å². The Hall–Kier alpha value is -0.293. The molecule has 0 aromatic carbocycles. The maximum Gasteiger partial charge on any atom is 0.216 e. The van der Waals surface area contributed by atoms with Gasteiger partial charge in [-0.05, 0) is 72.0 Å². The molecule has 39 heavy (non-hydrogen) atoms. The number of rotatable bonds is 15. The summed E-state index contributed by atoms with van der Waals surface area (Å²) in [5, 5.41) is 4.12. The molecule has 1 N–H and O–H groups in total. The molecule has 1 saturated heterocycles. The standard InChI is InChI=1S/C25H42Br2N4O6SSi/c1-18-15-20(29-37-18)25(35-11-12-36-25)9-8-10-33-16-19(30-38(32)24(2,3)4)23-28-21(26)22(27)31(23)17-34-13-14-39(5,6)7/h15,19,30H,8-14,16-17H2,1-7H3. The van der Waals surface area contributed by atoms with Crippen molar-refractivity contribution in [2.24, 2.45) is 0 Å². The normalized spacial score (nSPS) is 17.6. The maximum atomic E-state index is 13.1. The van der Waals surface area contributed by atoms with Crippen LogP contribution in [0.4, 0.5) is 0 Å². The Morgan fingerprint density at radius 1 is 1.21 bits per heavy atom. The molecule has 3 heterocycles. The minimum Gasteiger partial charge on any atom is -0.598 e. The highest BCUT2D eigenvalue weighted by Crippen LogP contribution is 2.36. The van der Waals surface area contributed by atoms with Crippen LogP contribution >= 0.6 is 31.9 Å². The SMILES string of the molecule is Cc1cc(C2(CCCOCC(N[S+]([O-])C(C)(C)C)c3nc(Br)c(Br)n3COCC[Si](C)(C)C)OCCO2)no1. The molecule has 1 aliphatic heterocycles. The highest BCUT2D eigenvalue weighted by molar-refractivity contribution is 9.13. The van der Waals surface area contributed by atoms with Crippen LogP contribution in [-0.2, 0) is 42.8 Å². The van der Waals surface area contributed by atoms with Gasteiger partial charge in [-0.1, -0.05) is 24.8 Å². The van der Waals surface area contributed by atoms with E-state index < -0.39 is 36.0 Å². The fourth-order valence-electron chi connectivity index (χ4n) is 3.84. The van der Waals surface area contributed by atoms with Crippen LogP contribution < -0.4 is 4.72 Å². The summed E-state index contributed by atoms with van der Waals surface area (Å²) in [6.45, 7) is 17.3. The van der Waals surface area contributed by atoms with Gasteiger partial charge in [-0.2, -0.15) is 0 Å². The molecule has 0 amide bonds. The van der Waals surface area contributed by atoms with E-state index in [-0.39, 0.29) is 6.61 Å². The number of aromatic nitrogens is 3. The van der Waals surface area contributed by atoms with Crippen molar-refractivity contribution in [1.29, 1.82) is 0 Å². The Kier molecular flexibility index (Phi) is 12.1. The van der Waals surface area contributed by atoms with Crippen molar-refractivity contribution < 1.29 is 28.0 Å². The minimum atomic E-state index is -1.34. The molecule has 2 aromatic rings. The Balaban J connectivity index is 1.66. The lowest BCUT2D eigenvalue weighted by molar-refractivity contribution is -0.177. The Morgan fingerprint density at radius 3 is 2.49 bits per heavy atom. The van der Waals surface area contributed by atoms with E-state index in [1.807, 2.05) is 38.3 Å². The summed E-state index contributed by atoms with van der Waals surface area (Å²) in [5.74, 6) is 0.472. The van der Waals surface area contributed by atoms with E-state index >= 15 is 0 Å². The molecule has 2 unspecified atom stereocenters. The van der Waals surface area contributed by atoms with Crippen LogP contribution in [0.2, 0.25) is 25.7 Å².